The van der Waals surface area contributed by atoms with Crippen molar-refractivity contribution in [1.82, 2.24) is 5.32 Å². The van der Waals surface area contributed by atoms with Crippen LogP contribution in [0.25, 0.3) is 0 Å². The Morgan fingerprint density at radius 2 is 2.22 bits per heavy atom. The molecule has 0 spiro atoms. The summed E-state index contributed by atoms with van der Waals surface area (Å²) in [4.78, 5) is 0. The predicted molar refractivity (Wildman–Crippen MR) is 71.0 cm³/mol. The molecule has 1 aliphatic heterocycles. The number of benzene rings is 1. The third-order valence-corrected chi connectivity index (χ3v) is 4.07. The van der Waals surface area contributed by atoms with Crippen molar-refractivity contribution in [2.75, 3.05) is 20.8 Å². The fourth-order valence-corrected chi connectivity index (χ4v) is 2.95. The van der Waals surface area contributed by atoms with Crippen LogP contribution in [-0.4, -0.2) is 26.9 Å². The molecule has 2 aliphatic rings. The molecule has 0 amide bonds. The molecule has 1 fully saturated rings. The molecule has 3 nitrogen and oxygen atoms in total. The van der Waals surface area contributed by atoms with E-state index in [1.807, 2.05) is 14.2 Å². The molecule has 3 heteroatoms. The summed E-state index contributed by atoms with van der Waals surface area (Å²) in [5, 5.41) is 3.42. The second-order valence-corrected chi connectivity index (χ2v) is 5.27. The minimum absolute atomic E-state index is 0.286. The highest BCUT2D eigenvalue weighted by Crippen LogP contribution is 2.40. The van der Waals surface area contributed by atoms with Crippen LogP contribution in [0.2, 0.25) is 0 Å². The van der Waals surface area contributed by atoms with Gasteiger partial charge in [-0.1, -0.05) is 12.1 Å². The van der Waals surface area contributed by atoms with Crippen molar-refractivity contribution in [2.24, 2.45) is 5.92 Å². The van der Waals surface area contributed by atoms with Crippen molar-refractivity contribution >= 4 is 0 Å². The van der Waals surface area contributed by atoms with Crippen molar-refractivity contribution in [2.45, 2.75) is 31.4 Å². The number of hydrogen-bond acceptors (Lipinski definition) is 3. The number of rotatable bonds is 5. The molecule has 0 aromatic heterocycles. The number of ether oxygens (including phenoxy) is 2. The lowest BCUT2D eigenvalue weighted by Crippen LogP contribution is -2.32. The van der Waals surface area contributed by atoms with Crippen molar-refractivity contribution in [1.29, 1.82) is 0 Å². The second kappa shape index (κ2) is 4.90. The van der Waals surface area contributed by atoms with E-state index in [4.69, 9.17) is 9.47 Å². The first-order valence-corrected chi connectivity index (χ1v) is 6.79. The topological polar surface area (TPSA) is 30.5 Å². The first kappa shape index (κ1) is 12.0. The molecular formula is C15H21NO2. The molecule has 3 rings (SSSR count). The molecule has 1 aromatic rings. The molecule has 0 radical (unpaired) electrons. The molecule has 2 unspecified atom stereocenters. The van der Waals surface area contributed by atoms with E-state index in [0.717, 1.165) is 24.7 Å². The average molecular weight is 247 g/mol. The number of hydrogen-bond donors (Lipinski definition) is 1. The highest BCUT2D eigenvalue weighted by molar-refractivity contribution is 5.41. The van der Waals surface area contributed by atoms with E-state index in [1.54, 1.807) is 0 Å². The zero-order chi connectivity index (χ0) is 12.5. The zero-order valence-corrected chi connectivity index (χ0v) is 11.1. The summed E-state index contributed by atoms with van der Waals surface area (Å²) in [5.41, 5.74) is 2.65. The van der Waals surface area contributed by atoms with E-state index in [0.29, 0.717) is 0 Å². The Bertz CT molecular complexity index is 429. The summed E-state index contributed by atoms with van der Waals surface area (Å²) in [7, 11) is 3.84. The molecule has 1 saturated carbocycles. The van der Waals surface area contributed by atoms with Crippen LogP contribution in [0, 0.1) is 5.92 Å². The fourth-order valence-electron chi connectivity index (χ4n) is 2.95. The number of likely N-dealkylation sites (N-methyl/N-ethyl adjacent to an activating group) is 1. The Labute approximate surface area is 108 Å². The van der Waals surface area contributed by atoms with Crippen molar-refractivity contribution in [3.63, 3.8) is 0 Å². The van der Waals surface area contributed by atoms with Crippen molar-refractivity contribution < 1.29 is 9.47 Å². The summed E-state index contributed by atoms with van der Waals surface area (Å²) in [6.45, 7) is 0.819. The van der Waals surface area contributed by atoms with Gasteiger partial charge in [0.15, 0.2) is 0 Å². The van der Waals surface area contributed by atoms with Crippen LogP contribution in [0.1, 0.15) is 30.0 Å². The van der Waals surface area contributed by atoms with Gasteiger partial charge in [-0.25, -0.2) is 0 Å². The first-order chi connectivity index (χ1) is 8.83. The first-order valence-electron chi connectivity index (χ1n) is 6.79. The predicted octanol–water partition coefficient (Wildman–Crippen LogP) is 2.31. The SMILES string of the molecule is CNC(c1ccc2c(c1)CCO2)C(OC)C1CC1. The molecule has 0 bridgehead atoms. The standard InChI is InChI=1S/C15H21NO2/c1-16-14(15(17-2)10-3-4-10)12-5-6-13-11(9-12)7-8-18-13/h5-6,9-10,14-16H,3-4,7-8H2,1-2H3. The third kappa shape index (κ3) is 2.13. The van der Waals surface area contributed by atoms with E-state index in [1.165, 1.54) is 24.0 Å². The quantitative estimate of drug-likeness (QED) is 0.866. The van der Waals surface area contributed by atoms with Crippen molar-refractivity contribution in [3.8, 4) is 5.75 Å². The lowest BCUT2D eigenvalue weighted by molar-refractivity contribution is 0.0530. The van der Waals surface area contributed by atoms with Gasteiger partial charge in [-0.3, -0.25) is 0 Å². The van der Waals surface area contributed by atoms with Gasteiger partial charge in [-0.05, 0) is 43.0 Å². The van der Waals surface area contributed by atoms with Crippen LogP contribution in [0.3, 0.4) is 0 Å². The molecule has 1 heterocycles. The minimum atomic E-state index is 0.286. The lowest BCUT2D eigenvalue weighted by atomic mass is 9.96. The maximum atomic E-state index is 5.71. The van der Waals surface area contributed by atoms with Gasteiger partial charge in [0.1, 0.15) is 5.75 Å². The molecule has 1 N–H and O–H groups in total. The van der Waals surface area contributed by atoms with Crippen LogP contribution >= 0.6 is 0 Å². The van der Waals surface area contributed by atoms with E-state index in [2.05, 4.69) is 23.5 Å². The highest BCUT2D eigenvalue weighted by atomic mass is 16.5. The lowest BCUT2D eigenvalue weighted by Gasteiger charge is -2.26. The fraction of sp³-hybridized carbons (Fsp3) is 0.600. The van der Waals surface area contributed by atoms with Crippen LogP contribution < -0.4 is 10.1 Å². The summed E-state index contributed by atoms with van der Waals surface area (Å²) in [6.07, 6.45) is 3.91. The smallest absolute Gasteiger partial charge is 0.122 e. The molecule has 2 atom stereocenters. The maximum Gasteiger partial charge on any atom is 0.122 e. The van der Waals surface area contributed by atoms with Gasteiger partial charge in [-0.2, -0.15) is 0 Å². The Kier molecular flexibility index (Phi) is 3.27. The van der Waals surface area contributed by atoms with E-state index >= 15 is 0 Å². The summed E-state index contributed by atoms with van der Waals surface area (Å²) >= 11 is 0. The average Bonchev–Trinajstić information content (AvgIpc) is 3.12. The number of fused-ring (bicyclic) bond motifs is 1. The van der Waals surface area contributed by atoms with E-state index in [-0.39, 0.29) is 12.1 Å². The Morgan fingerprint density at radius 3 is 2.89 bits per heavy atom. The molecule has 18 heavy (non-hydrogen) atoms. The van der Waals surface area contributed by atoms with Gasteiger partial charge in [0, 0.05) is 13.5 Å². The monoisotopic (exact) mass is 247 g/mol. The third-order valence-electron chi connectivity index (χ3n) is 4.07. The normalized spacial score (nSPS) is 21.2. The molecule has 98 valence electrons. The number of nitrogens with one attached hydrogen (secondary N) is 1. The van der Waals surface area contributed by atoms with Gasteiger partial charge in [0.25, 0.3) is 0 Å². The van der Waals surface area contributed by atoms with Gasteiger partial charge in [0.2, 0.25) is 0 Å². The molecule has 1 aliphatic carbocycles. The summed E-state index contributed by atoms with van der Waals surface area (Å²) < 4.78 is 11.3. The second-order valence-electron chi connectivity index (χ2n) is 5.27. The van der Waals surface area contributed by atoms with Gasteiger partial charge in [0.05, 0.1) is 18.8 Å². The number of methoxy groups -OCH3 is 1. The Hall–Kier alpha value is -1.06. The summed E-state index contributed by atoms with van der Waals surface area (Å²) in [6, 6.07) is 6.83. The highest BCUT2D eigenvalue weighted by Gasteiger charge is 2.37. The van der Waals surface area contributed by atoms with Crippen molar-refractivity contribution in [3.05, 3.63) is 29.3 Å². The largest absolute Gasteiger partial charge is 0.493 e. The Balaban J connectivity index is 1.86. The maximum absolute atomic E-state index is 5.71. The van der Waals surface area contributed by atoms with E-state index in [9.17, 15) is 0 Å². The van der Waals surface area contributed by atoms with Crippen LogP contribution in [-0.2, 0) is 11.2 Å². The van der Waals surface area contributed by atoms with Crippen LogP contribution in [0.5, 0.6) is 5.75 Å². The molecular weight excluding hydrogens is 226 g/mol. The Morgan fingerprint density at radius 1 is 1.39 bits per heavy atom. The molecule has 1 aromatic carbocycles. The van der Waals surface area contributed by atoms with E-state index < -0.39 is 0 Å². The molecule has 0 saturated heterocycles. The van der Waals surface area contributed by atoms with Crippen LogP contribution in [0.15, 0.2) is 18.2 Å². The zero-order valence-electron chi connectivity index (χ0n) is 11.1. The van der Waals surface area contributed by atoms with Gasteiger partial charge < -0.3 is 14.8 Å². The minimum Gasteiger partial charge on any atom is -0.493 e. The van der Waals surface area contributed by atoms with Crippen LogP contribution in [0.4, 0.5) is 0 Å². The van der Waals surface area contributed by atoms with Gasteiger partial charge >= 0.3 is 0 Å². The van der Waals surface area contributed by atoms with Gasteiger partial charge in [-0.15, -0.1) is 0 Å². The summed E-state index contributed by atoms with van der Waals surface area (Å²) in [5.74, 6) is 1.77.